The number of ketones is 1. The molecule has 108 valence electrons. The zero-order valence-electron chi connectivity index (χ0n) is 10.8. The van der Waals surface area contributed by atoms with Crippen molar-refractivity contribution in [3.05, 3.63) is 59.1 Å². The second-order valence-corrected chi connectivity index (χ2v) is 5.56. The van der Waals surface area contributed by atoms with Crippen LogP contribution in [-0.4, -0.2) is 16.5 Å². The molecule has 0 fully saturated rings. The number of rotatable bonds is 5. The number of halogens is 2. The summed E-state index contributed by atoms with van der Waals surface area (Å²) in [7, 11) is 0. The molecule has 0 saturated carbocycles. The van der Waals surface area contributed by atoms with Gasteiger partial charge in [0.05, 0.1) is 0 Å². The lowest BCUT2D eigenvalue weighted by Crippen LogP contribution is -2.30. The van der Waals surface area contributed by atoms with Crippen LogP contribution >= 0.6 is 27.5 Å². The van der Waals surface area contributed by atoms with Crippen molar-refractivity contribution < 1.29 is 14.3 Å². The SMILES string of the molecule is NC(=O)C(Br)C(=O)c1ccc(Oc2ccc(Cl)cc2)cc1. The molecular formula is C15H11BrClNO3. The molecule has 0 aliphatic rings. The molecule has 1 amide bonds. The Kier molecular flexibility index (Phi) is 4.98. The largest absolute Gasteiger partial charge is 0.457 e. The molecule has 0 saturated heterocycles. The fourth-order valence-electron chi connectivity index (χ4n) is 1.60. The first-order chi connectivity index (χ1) is 9.97. The number of nitrogens with two attached hydrogens (primary N) is 1. The van der Waals surface area contributed by atoms with E-state index in [1.807, 2.05) is 0 Å². The Morgan fingerprint density at radius 2 is 1.48 bits per heavy atom. The monoisotopic (exact) mass is 367 g/mol. The van der Waals surface area contributed by atoms with E-state index in [4.69, 9.17) is 22.1 Å². The Morgan fingerprint density at radius 3 is 1.95 bits per heavy atom. The van der Waals surface area contributed by atoms with E-state index in [1.165, 1.54) is 0 Å². The van der Waals surface area contributed by atoms with Crippen molar-refractivity contribution in [3.63, 3.8) is 0 Å². The van der Waals surface area contributed by atoms with E-state index in [1.54, 1.807) is 48.5 Å². The lowest BCUT2D eigenvalue weighted by molar-refractivity contribution is -0.116. The van der Waals surface area contributed by atoms with Gasteiger partial charge in [-0.15, -0.1) is 0 Å². The quantitative estimate of drug-likeness (QED) is 0.498. The van der Waals surface area contributed by atoms with Crippen molar-refractivity contribution in [2.24, 2.45) is 5.73 Å². The molecule has 4 nitrogen and oxygen atoms in total. The van der Waals surface area contributed by atoms with Gasteiger partial charge in [-0.1, -0.05) is 27.5 Å². The fourth-order valence-corrected chi connectivity index (χ4v) is 1.99. The summed E-state index contributed by atoms with van der Waals surface area (Å²) in [5.41, 5.74) is 5.45. The van der Waals surface area contributed by atoms with Gasteiger partial charge in [0.15, 0.2) is 10.6 Å². The molecule has 0 bridgehead atoms. The summed E-state index contributed by atoms with van der Waals surface area (Å²) < 4.78 is 5.60. The van der Waals surface area contributed by atoms with Crippen molar-refractivity contribution in [1.29, 1.82) is 0 Å². The maximum Gasteiger partial charge on any atom is 0.239 e. The number of Topliss-reactive ketones (excluding diaryl/α,β-unsaturated/α-hetero) is 1. The van der Waals surface area contributed by atoms with Crippen molar-refractivity contribution >= 4 is 39.2 Å². The predicted molar refractivity (Wildman–Crippen MR) is 84.2 cm³/mol. The molecule has 21 heavy (non-hydrogen) atoms. The van der Waals surface area contributed by atoms with E-state index in [0.29, 0.717) is 22.1 Å². The molecule has 1 unspecified atom stereocenters. The fraction of sp³-hybridized carbons (Fsp3) is 0.0667. The third-order valence-corrected chi connectivity index (χ3v) is 3.79. The molecule has 1 atom stereocenters. The number of primary amides is 1. The Morgan fingerprint density at radius 1 is 1.00 bits per heavy atom. The molecule has 0 aliphatic heterocycles. The van der Waals surface area contributed by atoms with E-state index in [9.17, 15) is 9.59 Å². The standard InChI is InChI=1S/C15H11BrClNO3/c16-13(15(18)20)14(19)9-1-5-11(6-2-9)21-12-7-3-10(17)4-8-12/h1-8,13H,(H2,18,20). The topological polar surface area (TPSA) is 69.4 Å². The molecular weight excluding hydrogens is 358 g/mol. The van der Waals surface area contributed by atoms with E-state index < -0.39 is 10.7 Å². The maximum atomic E-state index is 11.9. The summed E-state index contributed by atoms with van der Waals surface area (Å²) in [5.74, 6) is 0.0927. The van der Waals surface area contributed by atoms with E-state index in [-0.39, 0.29) is 5.78 Å². The highest BCUT2D eigenvalue weighted by Gasteiger charge is 2.22. The Bertz CT molecular complexity index is 656. The number of amides is 1. The second-order valence-electron chi connectivity index (χ2n) is 4.21. The van der Waals surface area contributed by atoms with Gasteiger partial charge in [0.2, 0.25) is 5.91 Å². The third-order valence-electron chi connectivity index (χ3n) is 2.67. The minimum atomic E-state index is -1.03. The molecule has 2 aromatic carbocycles. The molecule has 2 aromatic rings. The highest BCUT2D eigenvalue weighted by atomic mass is 79.9. The zero-order chi connectivity index (χ0) is 15.4. The minimum absolute atomic E-state index is 0.374. The second kappa shape index (κ2) is 6.74. The lowest BCUT2D eigenvalue weighted by Gasteiger charge is -2.08. The van der Waals surface area contributed by atoms with Crippen LogP contribution in [0.3, 0.4) is 0 Å². The third kappa shape index (κ3) is 4.06. The van der Waals surface area contributed by atoms with Gasteiger partial charge in [-0.05, 0) is 48.5 Å². The maximum absolute atomic E-state index is 11.9. The number of carbonyl (C=O) groups is 2. The zero-order valence-corrected chi connectivity index (χ0v) is 13.1. The van der Waals surface area contributed by atoms with Crippen LogP contribution in [0.2, 0.25) is 5.02 Å². The number of alkyl halides is 1. The number of hydrogen-bond donors (Lipinski definition) is 1. The van der Waals surface area contributed by atoms with E-state index in [0.717, 1.165) is 0 Å². The molecule has 0 aromatic heterocycles. The summed E-state index contributed by atoms with van der Waals surface area (Å²) in [6.07, 6.45) is 0. The van der Waals surface area contributed by atoms with E-state index >= 15 is 0 Å². The average Bonchev–Trinajstić information content (AvgIpc) is 2.49. The van der Waals surface area contributed by atoms with Crippen LogP contribution in [-0.2, 0) is 4.79 Å². The number of benzene rings is 2. The summed E-state index contributed by atoms with van der Waals surface area (Å²) in [4.78, 5) is 21.8. The normalized spacial score (nSPS) is 11.7. The van der Waals surface area contributed by atoms with Crippen molar-refractivity contribution in [2.75, 3.05) is 0 Å². The van der Waals surface area contributed by atoms with Crippen LogP contribution in [0.1, 0.15) is 10.4 Å². The van der Waals surface area contributed by atoms with Crippen LogP contribution in [0.5, 0.6) is 11.5 Å². The highest BCUT2D eigenvalue weighted by Crippen LogP contribution is 2.23. The summed E-state index contributed by atoms with van der Waals surface area (Å²) in [6, 6.07) is 13.3. The molecule has 0 heterocycles. The Balaban J connectivity index is 2.10. The lowest BCUT2D eigenvalue weighted by atomic mass is 10.1. The van der Waals surface area contributed by atoms with Gasteiger partial charge in [0.1, 0.15) is 11.5 Å². The number of carbonyl (C=O) groups excluding carboxylic acids is 2. The van der Waals surface area contributed by atoms with Gasteiger partial charge in [0, 0.05) is 10.6 Å². The number of ether oxygens (including phenoxy) is 1. The molecule has 2 rings (SSSR count). The molecule has 0 aliphatic carbocycles. The van der Waals surface area contributed by atoms with Crippen LogP contribution < -0.4 is 10.5 Å². The smallest absolute Gasteiger partial charge is 0.239 e. The van der Waals surface area contributed by atoms with Gasteiger partial charge in [-0.25, -0.2) is 0 Å². The Hall–Kier alpha value is -1.85. The van der Waals surface area contributed by atoms with Crippen LogP contribution in [0.25, 0.3) is 0 Å². The first kappa shape index (κ1) is 15.5. The van der Waals surface area contributed by atoms with Gasteiger partial charge in [0.25, 0.3) is 0 Å². The predicted octanol–water partition coefficient (Wildman–Crippen LogP) is 3.56. The van der Waals surface area contributed by atoms with Crippen LogP contribution in [0.15, 0.2) is 48.5 Å². The summed E-state index contributed by atoms with van der Waals surface area (Å²) in [5, 5.41) is 0.623. The van der Waals surface area contributed by atoms with Crippen LogP contribution in [0.4, 0.5) is 0 Å². The van der Waals surface area contributed by atoms with Gasteiger partial charge in [-0.3, -0.25) is 9.59 Å². The van der Waals surface area contributed by atoms with Crippen LogP contribution in [0, 0.1) is 0 Å². The molecule has 0 radical (unpaired) electrons. The van der Waals surface area contributed by atoms with Crippen molar-refractivity contribution in [1.82, 2.24) is 0 Å². The van der Waals surface area contributed by atoms with Gasteiger partial charge in [-0.2, -0.15) is 0 Å². The average molecular weight is 369 g/mol. The minimum Gasteiger partial charge on any atom is -0.457 e. The first-order valence-corrected chi connectivity index (χ1v) is 7.28. The first-order valence-electron chi connectivity index (χ1n) is 5.98. The summed E-state index contributed by atoms with van der Waals surface area (Å²) >= 11 is 8.75. The number of hydrogen-bond acceptors (Lipinski definition) is 3. The summed E-state index contributed by atoms with van der Waals surface area (Å²) in [6.45, 7) is 0. The Labute approximate surface area is 135 Å². The molecule has 2 N–H and O–H groups in total. The van der Waals surface area contributed by atoms with Gasteiger partial charge >= 0.3 is 0 Å². The van der Waals surface area contributed by atoms with Crippen molar-refractivity contribution in [3.8, 4) is 11.5 Å². The molecule has 0 spiro atoms. The highest BCUT2D eigenvalue weighted by molar-refractivity contribution is 9.10. The van der Waals surface area contributed by atoms with Gasteiger partial charge < -0.3 is 10.5 Å². The van der Waals surface area contributed by atoms with Crippen molar-refractivity contribution in [2.45, 2.75) is 4.83 Å². The van der Waals surface area contributed by atoms with E-state index in [2.05, 4.69) is 15.9 Å². The molecule has 6 heteroatoms.